The van der Waals surface area contributed by atoms with E-state index in [1.165, 1.54) is 36.8 Å². The molecule has 0 aromatic heterocycles. The van der Waals surface area contributed by atoms with Crippen molar-refractivity contribution < 1.29 is 4.79 Å². The van der Waals surface area contributed by atoms with Crippen LogP contribution in [0.5, 0.6) is 0 Å². The Morgan fingerprint density at radius 1 is 1.09 bits per heavy atom. The van der Waals surface area contributed by atoms with Crippen molar-refractivity contribution in [3.8, 4) is 0 Å². The Morgan fingerprint density at radius 2 is 1.69 bits per heavy atom. The normalized spacial score (nSPS) is 19.2. The fraction of sp³-hybridized carbons (Fsp3) is 0.692. The van der Waals surface area contributed by atoms with E-state index in [0.717, 1.165) is 38.4 Å². The predicted molar refractivity (Wildman–Crippen MR) is 145 cm³/mol. The van der Waals surface area contributed by atoms with Gasteiger partial charge in [0.1, 0.15) is 0 Å². The van der Waals surface area contributed by atoms with Gasteiger partial charge in [-0.3, -0.25) is 9.79 Å². The lowest BCUT2D eigenvalue weighted by molar-refractivity contribution is -0.135. The average Bonchev–Trinajstić information content (AvgIpc) is 3.26. The van der Waals surface area contributed by atoms with Crippen LogP contribution in [0.4, 0.5) is 0 Å². The molecule has 1 heterocycles. The van der Waals surface area contributed by atoms with E-state index in [2.05, 4.69) is 53.7 Å². The van der Waals surface area contributed by atoms with Crippen LogP contribution in [0, 0.1) is 5.92 Å². The lowest BCUT2D eigenvalue weighted by Crippen LogP contribution is -2.52. The van der Waals surface area contributed by atoms with Crippen LogP contribution in [0.2, 0.25) is 0 Å². The predicted octanol–water partition coefficient (Wildman–Crippen LogP) is 5.05. The molecule has 5 nitrogen and oxygen atoms in total. The molecular formula is C26H43IN4O. The van der Waals surface area contributed by atoms with Gasteiger partial charge in [-0.1, -0.05) is 64.8 Å². The van der Waals surface area contributed by atoms with Gasteiger partial charge in [0.25, 0.3) is 0 Å². The molecule has 1 saturated carbocycles. The van der Waals surface area contributed by atoms with Crippen molar-refractivity contribution in [1.29, 1.82) is 0 Å². The van der Waals surface area contributed by atoms with Gasteiger partial charge in [-0.25, -0.2) is 0 Å². The minimum absolute atomic E-state index is 0. The zero-order chi connectivity index (χ0) is 22.4. The number of guanidine groups is 1. The minimum atomic E-state index is 0. The first kappa shape index (κ1) is 26.9. The number of benzene rings is 1. The molecule has 2 N–H and O–H groups in total. The summed E-state index contributed by atoms with van der Waals surface area (Å²) in [5.74, 6) is 1.81. The molecule has 2 fully saturated rings. The maximum atomic E-state index is 12.2. The van der Waals surface area contributed by atoms with Crippen molar-refractivity contribution in [2.24, 2.45) is 10.9 Å². The number of hydrogen-bond acceptors (Lipinski definition) is 2. The van der Waals surface area contributed by atoms with Gasteiger partial charge in [0.2, 0.25) is 5.91 Å². The second-order valence-electron chi connectivity index (χ2n) is 10.1. The third kappa shape index (κ3) is 6.61. The third-order valence-electron chi connectivity index (χ3n) is 7.21. The highest BCUT2D eigenvalue weighted by Crippen LogP contribution is 2.41. The van der Waals surface area contributed by atoms with Gasteiger partial charge < -0.3 is 15.5 Å². The van der Waals surface area contributed by atoms with Gasteiger partial charge >= 0.3 is 0 Å². The van der Waals surface area contributed by atoms with Crippen LogP contribution in [-0.2, 0) is 10.2 Å². The number of piperidine rings is 1. The number of nitrogens with one attached hydrogen (secondary N) is 2. The highest BCUT2D eigenvalue weighted by molar-refractivity contribution is 14.0. The molecule has 3 rings (SSSR count). The topological polar surface area (TPSA) is 56.7 Å². The smallest absolute Gasteiger partial charge is 0.225 e. The first-order chi connectivity index (χ1) is 14.8. The monoisotopic (exact) mass is 554 g/mol. The largest absolute Gasteiger partial charge is 0.356 e. The number of aliphatic imine (C=N–C) groups is 1. The molecule has 0 atom stereocenters. The Balaban J connectivity index is 0.00000363. The summed E-state index contributed by atoms with van der Waals surface area (Å²) < 4.78 is 0. The van der Waals surface area contributed by atoms with Crippen molar-refractivity contribution in [3.05, 3.63) is 35.4 Å². The van der Waals surface area contributed by atoms with E-state index < -0.39 is 0 Å². The van der Waals surface area contributed by atoms with Crippen molar-refractivity contribution in [2.45, 2.75) is 83.6 Å². The number of halogens is 1. The standard InChI is InChI=1S/C26H42N4O.HI/c1-19(2)21-8-10-22(11-9-21)26(14-6-7-15-26)18-28-25(27-5)29-23-12-16-30(17-13-23)24(31)20(3)4;/h8-11,19-20,23H,6-7,12-18H2,1-5H3,(H2,27,28,29);1H. The maximum absolute atomic E-state index is 12.2. The number of hydrogen-bond donors (Lipinski definition) is 2. The molecule has 1 aromatic rings. The van der Waals surface area contributed by atoms with Crippen LogP contribution >= 0.6 is 24.0 Å². The van der Waals surface area contributed by atoms with Crippen LogP contribution in [0.15, 0.2) is 29.3 Å². The SMILES string of the molecule is CN=C(NCC1(c2ccc(C(C)C)cc2)CCCC1)NC1CCN(C(=O)C(C)C)CC1.I. The van der Waals surface area contributed by atoms with Crippen LogP contribution in [0.1, 0.15) is 83.3 Å². The fourth-order valence-corrected chi connectivity index (χ4v) is 5.09. The summed E-state index contributed by atoms with van der Waals surface area (Å²) in [6, 6.07) is 9.67. The summed E-state index contributed by atoms with van der Waals surface area (Å²) in [6.07, 6.45) is 6.99. The Hall–Kier alpha value is -1.31. The molecule has 0 bridgehead atoms. The summed E-state index contributed by atoms with van der Waals surface area (Å²) >= 11 is 0. The summed E-state index contributed by atoms with van der Waals surface area (Å²) in [7, 11) is 1.85. The van der Waals surface area contributed by atoms with E-state index in [4.69, 9.17) is 0 Å². The molecule has 32 heavy (non-hydrogen) atoms. The molecular weight excluding hydrogens is 511 g/mol. The first-order valence-electron chi connectivity index (χ1n) is 12.2. The molecule has 1 aliphatic carbocycles. The molecule has 0 radical (unpaired) electrons. The number of nitrogens with zero attached hydrogens (tertiary/aromatic N) is 2. The van der Waals surface area contributed by atoms with Gasteiger partial charge in [-0.05, 0) is 42.7 Å². The van der Waals surface area contributed by atoms with Gasteiger partial charge in [-0.15, -0.1) is 24.0 Å². The Morgan fingerprint density at radius 3 is 2.19 bits per heavy atom. The van der Waals surface area contributed by atoms with Gasteiger partial charge in [-0.2, -0.15) is 0 Å². The van der Waals surface area contributed by atoms with E-state index in [0.29, 0.717) is 12.0 Å². The van der Waals surface area contributed by atoms with E-state index in [1.54, 1.807) is 0 Å². The zero-order valence-electron chi connectivity index (χ0n) is 20.6. The van der Waals surface area contributed by atoms with Gasteiger partial charge in [0.05, 0.1) is 0 Å². The van der Waals surface area contributed by atoms with Gasteiger partial charge in [0.15, 0.2) is 5.96 Å². The second kappa shape index (κ2) is 12.2. The average molecular weight is 555 g/mol. The highest BCUT2D eigenvalue weighted by atomic mass is 127. The summed E-state index contributed by atoms with van der Waals surface area (Å²) in [5, 5.41) is 7.26. The molecule has 1 amide bonds. The Labute approximate surface area is 212 Å². The fourth-order valence-electron chi connectivity index (χ4n) is 5.09. The number of carbonyl (C=O) groups excluding carboxylic acids is 1. The van der Waals surface area contributed by atoms with Crippen LogP contribution in [0.3, 0.4) is 0 Å². The van der Waals surface area contributed by atoms with Crippen molar-refractivity contribution in [3.63, 3.8) is 0 Å². The number of carbonyl (C=O) groups is 1. The van der Waals surface area contributed by atoms with Crippen LogP contribution in [-0.4, -0.2) is 49.5 Å². The molecule has 1 saturated heterocycles. The van der Waals surface area contributed by atoms with E-state index >= 15 is 0 Å². The Bertz CT molecular complexity index is 746. The lowest BCUT2D eigenvalue weighted by Gasteiger charge is -2.35. The van der Waals surface area contributed by atoms with Crippen LogP contribution < -0.4 is 10.6 Å². The summed E-state index contributed by atoms with van der Waals surface area (Å²) in [6.45, 7) is 11.0. The summed E-state index contributed by atoms with van der Waals surface area (Å²) in [5.41, 5.74) is 3.06. The van der Waals surface area contributed by atoms with E-state index in [-0.39, 0.29) is 41.2 Å². The summed E-state index contributed by atoms with van der Waals surface area (Å²) in [4.78, 5) is 18.7. The molecule has 0 spiro atoms. The molecule has 1 aliphatic heterocycles. The molecule has 1 aromatic carbocycles. The molecule has 2 aliphatic rings. The quantitative estimate of drug-likeness (QED) is 0.294. The van der Waals surface area contributed by atoms with Crippen molar-refractivity contribution in [2.75, 3.05) is 26.7 Å². The second-order valence-corrected chi connectivity index (χ2v) is 10.1. The molecule has 180 valence electrons. The molecule has 0 unspecified atom stereocenters. The first-order valence-corrected chi connectivity index (χ1v) is 12.2. The van der Waals surface area contributed by atoms with Gasteiger partial charge in [0, 0.05) is 44.1 Å². The lowest BCUT2D eigenvalue weighted by atomic mass is 9.78. The molecule has 6 heteroatoms. The van der Waals surface area contributed by atoms with E-state index in [1.807, 2.05) is 25.8 Å². The minimum Gasteiger partial charge on any atom is -0.356 e. The Kier molecular flexibility index (Phi) is 10.3. The zero-order valence-corrected chi connectivity index (χ0v) is 22.9. The maximum Gasteiger partial charge on any atom is 0.225 e. The third-order valence-corrected chi connectivity index (χ3v) is 7.21. The van der Waals surface area contributed by atoms with Crippen molar-refractivity contribution in [1.82, 2.24) is 15.5 Å². The number of amides is 1. The highest BCUT2D eigenvalue weighted by Gasteiger charge is 2.36. The van der Waals surface area contributed by atoms with Crippen molar-refractivity contribution >= 4 is 35.8 Å². The van der Waals surface area contributed by atoms with Crippen LogP contribution in [0.25, 0.3) is 0 Å². The van der Waals surface area contributed by atoms with E-state index in [9.17, 15) is 4.79 Å². The number of rotatable bonds is 6. The number of likely N-dealkylation sites (tertiary alicyclic amines) is 1.